The van der Waals surface area contributed by atoms with Crippen LogP contribution in [0.4, 0.5) is 10.1 Å². The third kappa shape index (κ3) is 1.52. The second kappa shape index (κ2) is 3.29. The van der Waals surface area contributed by atoms with E-state index in [9.17, 15) is 4.39 Å². The van der Waals surface area contributed by atoms with E-state index >= 15 is 0 Å². The number of anilines is 1. The zero-order valence-electron chi connectivity index (χ0n) is 6.64. The number of halogens is 2. The lowest BCUT2D eigenvalue weighted by Gasteiger charge is -2.09. The van der Waals surface area contributed by atoms with Crippen LogP contribution in [-0.2, 0) is 0 Å². The van der Waals surface area contributed by atoms with Crippen LogP contribution in [0.2, 0.25) is 5.02 Å². The molecule has 0 aliphatic heterocycles. The van der Waals surface area contributed by atoms with E-state index in [1.165, 1.54) is 6.07 Å². The highest BCUT2D eigenvalue weighted by Gasteiger charge is 2.11. The van der Waals surface area contributed by atoms with Crippen LogP contribution in [0.15, 0.2) is 12.1 Å². The first-order valence-electron chi connectivity index (χ1n) is 3.53. The Morgan fingerprint density at radius 3 is 2.58 bits per heavy atom. The molecule has 0 aliphatic rings. The zero-order chi connectivity index (χ0) is 9.30. The molecule has 4 N–H and O–H groups in total. The van der Waals surface area contributed by atoms with Gasteiger partial charge in [-0.1, -0.05) is 17.7 Å². The van der Waals surface area contributed by atoms with Crippen molar-refractivity contribution in [1.29, 1.82) is 0 Å². The van der Waals surface area contributed by atoms with Gasteiger partial charge in [-0.25, -0.2) is 4.39 Å². The molecule has 0 aromatic heterocycles. The molecular weight excluding hydrogens is 179 g/mol. The second-order valence-corrected chi connectivity index (χ2v) is 3.04. The molecule has 4 heteroatoms. The molecule has 0 radical (unpaired) electrons. The van der Waals surface area contributed by atoms with E-state index in [4.69, 9.17) is 23.1 Å². The first kappa shape index (κ1) is 9.29. The second-order valence-electron chi connectivity index (χ2n) is 2.66. The van der Waals surface area contributed by atoms with E-state index < -0.39 is 5.82 Å². The molecule has 0 saturated heterocycles. The van der Waals surface area contributed by atoms with Crippen molar-refractivity contribution >= 4 is 17.3 Å². The maximum absolute atomic E-state index is 13.0. The molecule has 2 nitrogen and oxygen atoms in total. The number of rotatable bonds is 1. The average Bonchev–Trinajstić information content (AvgIpc) is 2.00. The average molecular weight is 189 g/mol. The van der Waals surface area contributed by atoms with E-state index in [1.54, 1.807) is 13.0 Å². The molecule has 1 aromatic carbocycles. The van der Waals surface area contributed by atoms with Gasteiger partial charge in [0, 0.05) is 6.04 Å². The summed E-state index contributed by atoms with van der Waals surface area (Å²) in [6.07, 6.45) is 0. The summed E-state index contributed by atoms with van der Waals surface area (Å²) in [4.78, 5) is 0. The predicted molar refractivity (Wildman–Crippen MR) is 48.4 cm³/mol. The molecule has 1 atom stereocenters. The highest BCUT2D eigenvalue weighted by atomic mass is 35.5. The first-order chi connectivity index (χ1) is 5.54. The van der Waals surface area contributed by atoms with Gasteiger partial charge in [-0.05, 0) is 18.6 Å². The number of nitrogens with two attached hydrogens (primary N) is 2. The standard InChI is InChI=1S/C8H10ClFN2/c1-4(11)5-2-3-6(12)8(10)7(5)9/h2-4H,11-12H2,1H3. The fraction of sp³-hybridized carbons (Fsp3) is 0.250. The monoisotopic (exact) mass is 188 g/mol. The van der Waals surface area contributed by atoms with Crippen molar-refractivity contribution in [2.24, 2.45) is 5.73 Å². The zero-order valence-corrected chi connectivity index (χ0v) is 7.40. The van der Waals surface area contributed by atoms with Crippen molar-refractivity contribution in [2.45, 2.75) is 13.0 Å². The summed E-state index contributed by atoms with van der Waals surface area (Å²) < 4.78 is 13.0. The first-order valence-corrected chi connectivity index (χ1v) is 3.90. The van der Waals surface area contributed by atoms with Gasteiger partial charge in [0.15, 0.2) is 5.82 Å². The van der Waals surface area contributed by atoms with Crippen molar-refractivity contribution < 1.29 is 4.39 Å². The van der Waals surface area contributed by atoms with Gasteiger partial charge < -0.3 is 11.5 Å². The van der Waals surface area contributed by atoms with E-state index in [0.29, 0.717) is 5.56 Å². The van der Waals surface area contributed by atoms with Crippen LogP contribution >= 0.6 is 11.6 Å². The van der Waals surface area contributed by atoms with E-state index in [2.05, 4.69) is 0 Å². The van der Waals surface area contributed by atoms with Crippen LogP contribution in [0.1, 0.15) is 18.5 Å². The topological polar surface area (TPSA) is 52.0 Å². The summed E-state index contributed by atoms with van der Waals surface area (Å²) >= 11 is 5.66. The predicted octanol–water partition coefficient (Wildman–Crippen LogP) is 2.08. The molecular formula is C8H10ClFN2. The van der Waals surface area contributed by atoms with Gasteiger partial charge in [0.25, 0.3) is 0 Å². The number of hydrogen-bond donors (Lipinski definition) is 2. The minimum atomic E-state index is -0.591. The molecule has 1 rings (SSSR count). The number of benzene rings is 1. The molecule has 0 heterocycles. The molecule has 1 aromatic rings. The Morgan fingerprint density at radius 2 is 2.08 bits per heavy atom. The quantitative estimate of drug-likeness (QED) is 0.663. The molecule has 0 aliphatic carbocycles. The van der Waals surface area contributed by atoms with Crippen LogP contribution in [0.25, 0.3) is 0 Å². The summed E-state index contributed by atoms with van der Waals surface area (Å²) in [5, 5.41) is 0.0185. The fourth-order valence-electron chi connectivity index (χ4n) is 0.931. The molecule has 1 unspecified atom stereocenters. The summed E-state index contributed by atoms with van der Waals surface area (Å²) in [5.41, 5.74) is 11.4. The Morgan fingerprint density at radius 1 is 1.50 bits per heavy atom. The van der Waals surface area contributed by atoms with Gasteiger partial charge in [0.2, 0.25) is 0 Å². The largest absolute Gasteiger partial charge is 0.396 e. The molecule has 66 valence electrons. The Kier molecular flexibility index (Phi) is 2.55. The molecule has 0 fully saturated rings. The Hall–Kier alpha value is -0.800. The Labute approximate surface area is 75.3 Å². The maximum Gasteiger partial charge on any atom is 0.164 e. The lowest BCUT2D eigenvalue weighted by atomic mass is 10.1. The van der Waals surface area contributed by atoms with Gasteiger partial charge in [-0.2, -0.15) is 0 Å². The molecule has 0 saturated carbocycles. The van der Waals surface area contributed by atoms with Crippen molar-refractivity contribution in [3.8, 4) is 0 Å². The van der Waals surface area contributed by atoms with Gasteiger partial charge in [-0.15, -0.1) is 0 Å². The van der Waals surface area contributed by atoms with Gasteiger partial charge in [0.05, 0.1) is 10.7 Å². The summed E-state index contributed by atoms with van der Waals surface area (Å²) in [6.45, 7) is 1.73. The van der Waals surface area contributed by atoms with Crippen molar-refractivity contribution in [3.05, 3.63) is 28.5 Å². The minimum absolute atomic E-state index is 0.0185. The minimum Gasteiger partial charge on any atom is -0.396 e. The van der Waals surface area contributed by atoms with Gasteiger partial charge in [0.1, 0.15) is 0 Å². The lowest BCUT2D eigenvalue weighted by molar-refractivity contribution is 0.627. The van der Waals surface area contributed by atoms with Crippen molar-refractivity contribution in [3.63, 3.8) is 0 Å². The lowest BCUT2D eigenvalue weighted by Crippen LogP contribution is -2.07. The van der Waals surface area contributed by atoms with Crippen LogP contribution in [0.5, 0.6) is 0 Å². The van der Waals surface area contributed by atoms with Crippen molar-refractivity contribution in [1.82, 2.24) is 0 Å². The molecule has 0 amide bonds. The third-order valence-corrected chi connectivity index (χ3v) is 2.02. The SMILES string of the molecule is CC(N)c1ccc(N)c(F)c1Cl. The van der Waals surface area contributed by atoms with Crippen LogP contribution in [-0.4, -0.2) is 0 Å². The van der Waals surface area contributed by atoms with Gasteiger partial charge in [-0.3, -0.25) is 0 Å². The molecule has 12 heavy (non-hydrogen) atoms. The van der Waals surface area contributed by atoms with Gasteiger partial charge >= 0.3 is 0 Å². The van der Waals surface area contributed by atoms with E-state index in [-0.39, 0.29) is 16.8 Å². The highest BCUT2D eigenvalue weighted by Crippen LogP contribution is 2.27. The van der Waals surface area contributed by atoms with Crippen LogP contribution in [0, 0.1) is 5.82 Å². The molecule has 0 spiro atoms. The van der Waals surface area contributed by atoms with Crippen LogP contribution in [0.3, 0.4) is 0 Å². The highest BCUT2D eigenvalue weighted by molar-refractivity contribution is 6.31. The molecule has 0 bridgehead atoms. The van der Waals surface area contributed by atoms with E-state index in [1.807, 2.05) is 0 Å². The Bertz CT molecular complexity index is 299. The van der Waals surface area contributed by atoms with Crippen LogP contribution < -0.4 is 11.5 Å². The van der Waals surface area contributed by atoms with Crippen molar-refractivity contribution in [2.75, 3.05) is 5.73 Å². The Balaban J connectivity index is 3.27. The van der Waals surface area contributed by atoms with E-state index in [0.717, 1.165) is 0 Å². The number of hydrogen-bond acceptors (Lipinski definition) is 2. The summed E-state index contributed by atoms with van der Waals surface area (Å²) in [6, 6.07) is 2.80. The third-order valence-electron chi connectivity index (χ3n) is 1.63. The fourth-order valence-corrected chi connectivity index (χ4v) is 1.28. The normalized spacial score (nSPS) is 13.0. The summed E-state index contributed by atoms with van der Waals surface area (Å²) in [7, 11) is 0. The summed E-state index contributed by atoms with van der Waals surface area (Å²) in [5.74, 6) is -0.591. The smallest absolute Gasteiger partial charge is 0.164 e. The number of nitrogen functional groups attached to an aromatic ring is 1. The maximum atomic E-state index is 13.0.